The Hall–Kier alpha value is -1.80. The molecule has 1 aromatic rings. The second-order valence-corrected chi connectivity index (χ2v) is 7.47. The van der Waals surface area contributed by atoms with Crippen LogP contribution in [0.2, 0.25) is 0 Å². The van der Waals surface area contributed by atoms with Gasteiger partial charge in [-0.15, -0.1) is 0 Å². The molecule has 0 heterocycles. The summed E-state index contributed by atoms with van der Waals surface area (Å²) in [5.74, 6) is 0.195. The second-order valence-electron chi connectivity index (χ2n) is 6.62. The molecule has 0 unspecified atom stereocenters. The van der Waals surface area contributed by atoms with Crippen LogP contribution in [0.15, 0.2) is 28.2 Å². The van der Waals surface area contributed by atoms with Crippen LogP contribution in [-0.2, 0) is 4.79 Å². The lowest BCUT2D eigenvalue weighted by Crippen LogP contribution is -2.41. The van der Waals surface area contributed by atoms with Crippen molar-refractivity contribution in [1.29, 1.82) is 5.26 Å². The SMILES string of the molecule is C[C@@H]1CCCC[C@H]1NC(=O)/C(C#N)=C/c1ccc(N(C)C)c(Br)c1. The van der Waals surface area contributed by atoms with Gasteiger partial charge >= 0.3 is 0 Å². The molecule has 128 valence electrons. The number of benzene rings is 1. The van der Waals surface area contributed by atoms with Crippen LogP contribution >= 0.6 is 15.9 Å². The van der Waals surface area contributed by atoms with Crippen molar-refractivity contribution in [3.8, 4) is 6.07 Å². The van der Waals surface area contributed by atoms with E-state index < -0.39 is 0 Å². The number of halogens is 1. The maximum absolute atomic E-state index is 12.4. The average Bonchev–Trinajstić information content (AvgIpc) is 2.54. The van der Waals surface area contributed by atoms with Gasteiger partial charge in [-0.2, -0.15) is 5.26 Å². The van der Waals surface area contributed by atoms with Gasteiger partial charge in [-0.1, -0.05) is 25.8 Å². The van der Waals surface area contributed by atoms with Crippen LogP contribution in [0.25, 0.3) is 6.08 Å². The van der Waals surface area contributed by atoms with Gasteiger partial charge in [-0.3, -0.25) is 4.79 Å². The zero-order valence-electron chi connectivity index (χ0n) is 14.5. The smallest absolute Gasteiger partial charge is 0.262 e. The van der Waals surface area contributed by atoms with Gasteiger partial charge in [0, 0.05) is 24.6 Å². The molecule has 1 aliphatic carbocycles. The summed E-state index contributed by atoms with van der Waals surface area (Å²) in [5.41, 5.74) is 2.03. The van der Waals surface area contributed by atoms with Gasteiger partial charge in [0.1, 0.15) is 11.6 Å². The van der Waals surface area contributed by atoms with E-state index in [4.69, 9.17) is 0 Å². The number of nitriles is 1. The van der Waals surface area contributed by atoms with Gasteiger partial charge in [0.05, 0.1) is 5.69 Å². The molecule has 5 heteroatoms. The monoisotopic (exact) mass is 389 g/mol. The lowest BCUT2D eigenvalue weighted by atomic mass is 9.86. The van der Waals surface area contributed by atoms with Crippen molar-refractivity contribution >= 4 is 33.6 Å². The van der Waals surface area contributed by atoms with E-state index in [0.717, 1.165) is 35.0 Å². The summed E-state index contributed by atoms with van der Waals surface area (Å²) in [6.45, 7) is 2.16. The van der Waals surface area contributed by atoms with Crippen LogP contribution in [0, 0.1) is 17.2 Å². The fourth-order valence-corrected chi connectivity index (χ4v) is 3.82. The number of rotatable bonds is 4. The number of nitrogens with zero attached hydrogens (tertiary/aromatic N) is 2. The van der Waals surface area contributed by atoms with Crippen molar-refractivity contribution in [3.05, 3.63) is 33.8 Å². The van der Waals surface area contributed by atoms with Gasteiger partial charge in [0.2, 0.25) is 0 Å². The van der Waals surface area contributed by atoms with Crippen LogP contribution in [0.4, 0.5) is 5.69 Å². The number of carbonyl (C=O) groups is 1. The molecular weight excluding hydrogens is 366 g/mol. The molecule has 1 aliphatic rings. The summed E-state index contributed by atoms with van der Waals surface area (Å²) in [4.78, 5) is 14.4. The molecule has 24 heavy (non-hydrogen) atoms. The molecule has 1 amide bonds. The fraction of sp³-hybridized carbons (Fsp3) is 0.474. The van der Waals surface area contributed by atoms with Crippen LogP contribution in [0.3, 0.4) is 0 Å². The highest BCUT2D eigenvalue weighted by atomic mass is 79.9. The molecular formula is C19H24BrN3O. The number of anilines is 1. The molecule has 1 fully saturated rings. The largest absolute Gasteiger partial charge is 0.377 e. The summed E-state index contributed by atoms with van der Waals surface area (Å²) < 4.78 is 0.930. The fourth-order valence-electron chi connectivity index (χ4n) is 3.07. The van der Waals surface area contributed by atoms with Crippen molar-refractivity contribution in [2.24, 2.45) is 5.92 Å². The predicted molar refractivity (Wildman–Crippen MR) is 102 cm³/mol. The Balaban J connectivity index is 2.15. The second kappa shape index (κ2) is 8.34. The third-order valence-electron chi connectivity index (χ3n) is 4.56. The van der Waals surface area contributed by atoms with Crippen LogP contribution in [0.5, 0.6) is 0 Å². The Morgan fingerprint density at radius 2 is 2.08 bits per heavy atom. The molecule has 4 nitrogen and oxygen atoms in total. The number of carbonyl (C=O) groups excluding carboxylic acids is 1. The molecule has 0 bridgehead atoms. The predicted octanol–water partition coefficient (Wildman–Crippen LogP) is 4.12. The first-order valence-corrected chi connectivity index (χ1v) is 9.11. The molecule has 0 radical (unpaired) electrons. The number of amides is 1. The van der Waals surface area contributed by atoms with Crippen molar-refractivity contribution in [1.82, 2.24) is 5.32 Å². The first-order valence-electron chi connectivity index (χ1n) is 8.32. The third-order valence-corrected chi connectivity index (χ3v) is 5.19. The minimum atomic E-state index is -0.274. The number of hydrogen-bond acceptors (Lipinski definition) is 3. The number of nitrogens with one attached hydrogen (secondary N) is 1. The van der Waals surface area contributed by atoms with Crippen LogP contribution < -0.4 is 10.2 Å². The van der Waals surface area contributed by atoms with Gasteiger partial charge in [-0.25, -0.2) is 0 Å². The molecule has 1 N–H and O–H groups in total. The molecule has 0 saturated heterocycles. The first kappa shape index (κ1) is 18.5. The van der Waals surface area contributed by atoms with Crippen molar-refractivity contribution in [2.45, 2.75) is 38.6 Å². The highest BCUT2D eigenvalue weighted by molar-refractivity contribution is 9.10. The normalized spacial score (nSPS) is 21.0. The molecule has 2 rings (SSSR count). The summed E-state index contributed by atoms with van der Waals surface area (Å²) in [5, 5.41) is 12.4. The van der Waals surface area contributed by atoms with E-state index in [1.807, 2.05) is 43.3 Å². The summed E-state index contributed by atoms with van der Waals surface area (Å²) in [6, 6.07) is 8.00. The van der Waals surface area contributed by atoms with Gasteiger partial charge in [0.15, 0.2) is 0 Å². The topological polar surface area (TPSA) is 56.1 Å². The Morgan fingerprint density at radius 3 is 2.67 bits per heavy atom. The highest BCUT2D eigenvalue weighted by Gasteiger charge is 2.24. The van der Waals surface area contributed by atoms with Gasteiger partial charge < -0.3 is 10.2 Å². The Bertz CT molecular complexity index is 676. The zero-order chi connectivity index (χ0) is 17.7. The van der Waals surface area contributed by atoms with E-state index in [0.29, 0.717) is 5.92 Å². The molecule has 1 aromatic carbocycles. The average molecular weight is 390 g/mol. The summed E-state index contributed by atoms with van der Waals surface area (Å²) in [6.07, 6.45) is 6.14. The maximum atomic E-state index is 12.4. The molecule has 1 saturated carbocycles. The lowest BCUT2D eigenvalue weighted by molar-refractivity contribution is -0.118. The maximum Gasteiger partial charge on any atom is 0.262 e. The summed E-state index contributed by atoms with van der Waals surface area (Å²) >= 11 is 3.53. The van der Waals surface area contributed by atoms with Crippen LogP contribution in [0.1, 0.15) is 38.2 Å². The molecule has 0 aromatic heterocycles. The quantitative estimate of drug-likeness (QED) is 0.622. The number of hydrogen-bond donors (Lipinski definition) is 1. The minimum absolute atomic E-state index is 0.150. The Kier molecular flexibility index (Phi) is 6.44. The van der Waals surface area contributed by atoms with Crippen LogP contribution in [-0.4, -0.2) is 26.0 Å². The van der Waals surface area contributed by atoms with Gasteiger partial charge in [0.25, 0.3) is 5.91 Å². The van der Waals surface area contributed by atoms with Gasteiger partial charge in [-0.05, 0) is 58.5 Å². The molecule has 0 aliphatic heterocycles. The highest BCUT2D eigenvalue weighted by Crippen LogP contribution is 2.27. The Morgan fingerprint density at radius 1 is 1.38 bits per heavy atom. The first-order chi connectivity index (χ1) is 11.4. The standard InChI is InChI=1S/C19H24BrN3O/c1-13-6-4-5-7-17(13)22-19(24)15(12-21)10-14-8-9-18(23(2)3)16(20)11-14/h8-11,13,17H,4-7H2,1-3H3,(H,22,24)/b15-10+/t13-,17-/m1/s1. The van der Waals surface area contributed by atoms with E-state index in [-0.39, 0.29) is 17.5 Å². The lowest BCUT2D eigenvalue weighted by Gasteiger charge is -2.29. The van der Waals surface area contributed by atoms with E-state index in [1.54, 1.807) is 6.08 Å². The Labute approximate surface area is 152 Å². The van der Waals surface area contributed by atoms with E-state index in [1.165, 1.54) is 6.42 Å². The van der Waals surface area contributed by atoms with Crippen molar-refractivity contribution in [2.75, 3.05) is 19.0 Å². The van der Waals surface area contributed by atoms with E-state index >= 15 is 0 Å². The molecule has 0 spiro atoms. The third kappa shape index (κ3) is 4.61. The van der Waals surface area contributed by atoms with E-state index in [2.05, 4.69) is 28.2 Å². The van der Waals surface area contributed by atoms with Crippen molar-refractivity contribution in [3.63, 3.8) is 0 Å². The minimum Gasteiger partial charge on any atom is -0.377 e. The summed E-state index contributed by atoms with van der Waals surface area (Å²) in [7, 11) is 3.93. The molecule has 2 atom stereocenters. The van der Waals surface area contributed by atoms with Crippen molar-refractivity contribution < 1.29 is 4.79 Å². The van der Waals surface area contributed by atoms with E-state index in [9.17, 15) is 10.1 Å². The zero-order valence-corrected chi connectivity index (χ0v) is 16.1.